The molecule has 0 spiro atoms. The van der Waals surface area contributed by atoms with Crippen LogP contribution >= 0.6 is 23.2 Å². The Morgan fingerprint density at radius 1 is 1.15 bits per heavy atom. The van der Waals surface area contributed by atoms with Gasteiger partial charge in [0.25, 0.3) is 0 Å². The molecule has 1 aromatic heterocycles. The molecule has 0 aliphatic rings. The van der Waals surface area contributed by atoms with Crippen LogP contribution in [0.15, 0.2) is 36.4 Å². The highest BCUT2D eigenvalue weighted by Crippen LogP contribution is 2.34. The lowest BCUT2D eigenvalue weighted by Crippen LogP contribution is -2.27. The summed E-state index contributed by atoms with van der Waals surface area (Å²) in [5.41, 5.74) is 3.61. The summed E-state index contributed by atoms with van der Waals surface area (Å²) in [5, 5.41) is 13.1. The predicted molar refractivity (Wildman–Crippen MR) is 101 cm³/mol. The van der Waals surface area contributed by atoms with Crippen molar-refractivity contribution < 1.29 is 4.79 Å². The molecule has 0 N–H and O–H groups in total. The number of aromatic nitrogens is 4. The molecule has 1 atom stereocenters. The van der Waals surface area contributed by atoms with E-state index < -0.39 is 6.04 Å². The molecule has 8 heteroatoms. The maximum atomic E-state index is 11.6. The number of hydrogen-bond donors (Lipinski definition) is 0. The molecule has 0 fully saturated rings. The van der Waals surface area contributed by atoms with Crippen LogP contribution in [-0.4, -0.2) is 38.6 Å². The van der Waals surface area contributed by atoms with Gasteiger partial charge in [-0.25, -0.2) is 0 Å². The molecule has 26 heavy (non-hydrogen) atoms. The Morgan fingerprint density at radius 2 is 1.85 bits per heavy atom. The highest BCUT2D eigenvalue weighted by molar-refractivity contribution is 6.35. The first-order valence-electron chi connectivity index (χ1n) is 7.91. The molecule has 3 aromatic rings. The second-order valence-electron chi connectivity index (χ2n) is 6.03. The van der Waals surface area contributed by atoms with Gasteiger partial charge in [-0.2, -0.15) is 4.68 Å². The summed E-state index contributed by atoms with van der Waals surface area (Å²) in [4.78, 5) is 13.0. The molecule has 2 aromatic carbocycles. The van der Waals surface area contributed by atoms with E-state index >= 15 is 0 Å². The third-order valence-electron chi connectivity index (χ3n) is 4.22. The van der Waals surface area contributed by atoms with E-state index in [1.54, 1.807) is 29.9 Å². The summed E-state index contributed by atoms with van der Waals surface area (Å²) in [6.45, 7) is 3.98. The lowest BCUT2D eigenvalue weighted by molar-refractivity contribution is -0.118. The molecule has 3 rings (SSSR count). The Morgan fingerprint density at radius 3 is 2.46 bits per heavy atom. The van der Waals surface area contributed by atoms with Crippen molar-refractivity contribution in [1.82, 2.24) is 25.1 Å². The van der Waals surface area contributed by atoms with E-state index in [9.17, 15) is 4.79 Å². The van der Waals surface area contributed by atoms with Crippen LogP contribution < -0.4 is 0 Å². The lowest BCUT2D eigenvalue weighted by atomic mass is 10.0. The number of para-hydroxylation sites is 1. The normalized spacial score (nSPS) is 12.0. The highest BCUT2D eigenvalue weighted by atomic mass is 35.5. The fraction of sp³-hybridized carbons (Fsp3) is 0.222. The molecule has 0 saturated heterocycles. The van der Waals surface area contributed by atoms with Crippen LogP contribution in [0.4, 0.5) is 0 Å². The van der Waals surface area contributed by atoms with Gasteiger partial charge in [-0.3, -0.25) is 4.79 Å². The molecule has 0 bridgehead atoms. The minimum Gasteiger partial charge on any atom is -0.334 e. The third kappa shape index (κ3) is 3.30. The zero-order chi connectivity index (χ0) is 18.8. The average Bonchev–Trinajstić information content (AvgIpc) is 3.05. The van der Waals surface area contributed by atoms with Crippen LogP contribution in [0.2, 0.25) is 10.0 Å². The van der Waals surface area contributed by atoms with E-state index in [1.165, 1.54) is 4.90 Å². The van der Waals surface area contributed by atoms with Gasteiger partial charge in [-0.15, -0.1) is 5.10 Å². The first kappa shape index (κ1) is 18.4. The molecular formula is C18H17Cl2N5O. The molecule has 0 saturated carbocycles. The maximum Gasteiger partial charge on any atom is 0.210 e. The Hall–Kier alpha value is -2.44. The van der Waals surface area contributed by atoms with Gasteiger partial charge in [0.15, 0.2) is 5.82 Å². The molecule has 6 nitrogen and oxygen atoms in total. The number of halogens is 2. The molecule has 0 aliphatic carbocycles. The van der Waals surface area contributed by atoms with E-state index in [0.717, 1.165) is 23.2 Å². The highest BCUT2D eigenvalue weighted by Gasteiger charge is 2.28. The lowest BCUT2D eigenvalue weighted by Gasteiger charge is -2.25. The third-order valence-corrected chi connectivity index (χ3v) is 4.78. The first-order chi connectivity index (χ1) is 12.4. The Bertz CT molecular complexity index is 936. The average molecular weight is 390 g/mol. The Balaban J connectivity index is 2.22. The number of nitrogens with zero attached hydrogens (tertiary/aromatic N) is 5. The van der Waals surface area contributed by atoms with Gasteiger partial charge in [0.2, 0.25) is 6.41 Å². The van der Waals surface area contributed by atoms with Crippen molar-refractivity contribution in [3.05, 3.63) is 69.0 Å². The Kier molecular flexibility index (Phi) is 5.25. The van der Waals surface area contributed by atoms with Crippen molar-refractivity contribution in [2.24, 2.45) is 0 Å². The molecule has 1 heterocycles. The van der Waals surface area contributed by atoms with E-state index in [4.69, 9.17) is 23.2 Å². The van der Waals surface area contributed by atoms with Crippen LogP contribution in [0.5, 0.6) is 0 Å². The van der Waals surface area contributed by atoms with Crippen molar-refractivity contribution in [3.8, 4) is 5.69 Å². The molecule has 134 valence electrons. The summed E-state index contributed by atoms with van der Waals surface area (Å²) in [6.07, 6.45) is 0.722. The summed E-state index contributed by atoms with van der Waals surface area (Å²) in [7, 11) is 1.66. The molecule has 0 aliphatic heterocycles. The molecule has 0 unspecified atom stereocenters. The zero-order valence-electron chi connectivity index (χ0n) is 14.5. The monoisotopic (exact) mass is 389 g/mol. The van der Waals surface area contributed by atoms with Crippen molar-refractivity contribution >= 4 is 29.6 Å². The molecular weight excluding hydrogens is 373 g/mol. The number of aryl methyl sites for hydroxylation is 2. The van der Waals surface area contributed by atoms with Gasteiger partial charge in [0.1, 0.15) is 6.04 Å². The van der Waals surface area contributed by atoms with Crippen LogP contribution in [0, 0.1) is 13.8 Å². The molecule has 0 radical (unpaired) electrons. The van der Waals surface area contributed by atoms with Gasteiger partial charge >= 0.3 is 0 Å². The van der Waals surface area contributed by atoms with Crippen molar-refractivity contribution in [2.75, 3.05) is 7.05 Å². The number of rotatable bonds is 5. The van der Waals surface area contributed by atoms with Crippen LogP contribution in [-0.2, 0) is 4.79 Å². The number of carbonyl (C=O) groups excluding carboxylic acids is 1. The topological polar surface area (TPSA) is 63.9 Å². The van der Waals surface area contributed by atoms with E-state index in [-0.39, 0.29) is 0 Å². The smallest absolute Gasteiger partial charge is 0.210 e. The van der Waals surface area contributed by atoms with E-state index in [1.807, 2.05) is 32.0 Å². The maximum absolute atomic E-state index is 11.6. The number of amides is 1. The summed E-state index contributed by atoms with van der Waals surface area (Å²) < 4.78 is 1.65. The fourth-order valence-electron chi connectivity index (χ4n) is 2.99. The number of tetrazole rings is 1. The SMILES string of the molecule is Cc1cccc(C)c1-n1nnnc1[C@H](c1ccc(Cl)cc1Cl)N(C)C=O. The summed E-state index contributed by atoms with van der Waals surface area (Å²) >= 11 is 12.4. The van der Waals surface area contributed by atoms with E-state index in [0.29, 0.717) is 21.4 Å². The van der Waals surface area contributed by atoms with Crippen LogP contribution in [0.3, 0.4) is 0 Å². The minimum atomic E-state index is -0.564. The standard InChI is InChI=1S/C18H17Cl2N5O/c1-11-5-4-6-12(2)16(11)25-18(21-22-23-25)17(24(3)10-26)14-8-7-13(19)9-15(14)20/h4-10,17H,1-3H3/t17-/m0/s1. The van der Waals surface area contributed by atoms with Gasteiger partial charge < -0.3 is 4.90 Å². The van der Waals surface area contributed by atoms with Crippen molar-refractivity contribution in [2.45, 2.75) is 19.9 Å². The van der Waals surface area contributed by atoms with Crippen LogP contribution in [0.1, 0.15) is 28.6 Å². The quantitative estimate of drug-likeness (QED) is 0.623. The zero-order valence-corrected chi connectivity index (χ0v) is 16.0. The number of hydrogen-bond acceptors (Lipinski definition) is 4. The van der Waals surface area contributed by atoms with Crippen molar-refractivity contribution in [1.29, 1.82) is 0 Å². The second kappa shape index (κ2) is 7.43. The fourth-order valence-corrected chi connectivity index (χ4v) is 3.50. The predicted octanol–water partition coefficient (Wildman–Crippen LogP) is 3.76. The minimum absolute atomic E-state index is 0.437. The van der Waals surface area contributed by atoms with Crippen LogP contribution in [0.25, 0.3) is 5.69 Å². The van der Waals surface area contributed by atoms with E-state index in [2.05, 4.69) is 15.5 Å². The van der Waals surface area contributed by atoms with Gasteiger partial charge in [-0.05, 0) is 47.5 Å². The van der Waals surface area contributed by atoms with Gasteiger partial charge in [0.05, 0.1) is 5.69 Å². The number of benzene rings is 2. The largest absolute Gasteiger partial charge is 0.334 e. The summed E-state index contributed by atoms with van der Waals surface area (Å²) in [5.74, 6) is 0.487. The summed E-state index contributed by atoms with van der Waals surface area (Å²) in [6, 6.07) is 10.5. The Labute approximate surface area is 161 Å². The first-order valence-corrected chi connectivity index (χ1v) is 8.66. The molecule has 1 amide bonds. The van der Waals surface area contributed by atoms with Gasteiger partial charge in [0, 0.05) is 22.7 Å². The van der Waals surface area contributed by atoms with Crippen molar-refractivity contribution in [3.63, 3.8) is 0 Å². The second-order valence-corrected chi connectivity index (χ2v) is 6.87. The van der Waals surface area contributed by atoms with Gasteiger partial charge in [-0.1, -0.05) is 47.5 Å². The number of carbonyl (C=O) groups is 1.